The van der Waals surface area contributed by atoms with Gasteiger partial charge in [-0.05, 0) is 54.3 Å². The van der Waals surface area contributed by atoms with E-state index < -0.39 is 27.9 Å². The smallest absolute Gasteiger partial charge is 0.262 e. The van der Waals surface area contributed by atoms with Crippen molar-refractivity contribution in [2.75, 3.05) is 6.61 Å². The summed E-state index contributed by atoms with van der Waals surface area (Å²) in [6.45, 7) is 7.40. The molecule has 0 fully saturated rings. The van der Waals surface area contributed by atoms with Crippen LogP contribution in [0.1, 0.15) is 25.8 Å². The molecule has 2 rings (SSSR count). The summed E-state index contributed by atoms with van der Waals surface area (Å²) in [5.74, 6) is -0.689. The van der Waals surface area contributed by atoms with Crippen molar-refractivity contribution in [3.63, 3.8) is 0 Å². The van der Waals surface area contributed by atoms with E-state index in [2.05, 4.69) is 6.58 Å². The molecule has 0 aliphatic heterocycles. The maximum absolute atomic E-state index is 13.5. The zero-order valence-corrected chi connectivity index (χ0v) is 19.1. The van der Waals surface area contributed by atoms with Gasteiger partial charge >= 0.3 is 0 Å². The van der Waals surface area contributed by atoms with E-state index in [0.717, 1.165) is 4.31 Å². The summed E-state index contributed by atoms with van der Waals surface area (Å²) < 4.78 is 33.7. The lowest BCUT2D eigenvalue weighted by Gasteiger charge is -2.32. The van der Waals surface area contributed by atoms with Crippen LogP contribution in [0.4, 0.5) is 0 Å². The fourth-order valence-corrected chi connectivity index (χ4v) is 4.87. The molecule has 2 aromatic carbocycles. The van der Waals surface area contributed by atoms with Crippen LogP contribution in [0.3, 0.4) is 0 Å². The number of benzene rings is 2. The molecule has 0 heterocycles. The van der Waals surface area contributed by atoms with Gasteiger partial charge in [0, 0.05) is 11.6 Å². The monoisotopic (exact) mass is 466 g/mol. The quantitative estimate of drug-likeness (QED) is 0.226. The molecule has 1 atom stereocenters. The Bertz CT molecular complexity index is 976. The molecule has 2 aromatic rings. The van der Waals surface area contributed by atoms with Gasteiger partial charge in [0.1, 0.15) is 11.8 Å². The fourth-order valence-electron chi connectivity index (χ4n) is 3.04. The zero-order valence-electron chi connectivity index (χ0n) is 17.5. The van der Waals surface area contributed by atoms with E-state index in [1.165, 1.54) is 12.1 Å². The molecule has 0 radical (unpaired) electrons. The Balaban J connectivity index is 2.43. The van der Waals surface area contributed by atoms with Crippen molar-refractivity contribution in [3.05, 3.63) is 71.8 Å². The molecule has 0 bridgehead atoms. The average Bonchev–Trinajstić information content (AvgIpc) is 2.74. The Morgan fingerprint density at radius 1 is 1.19 bits per heavy atom. The molecule has 7 nitrogen and oxygen atoms in total. The van der Waals surface area contributed by atoms with Gasteiger partial charge in [-0.2, -0.15) is 4.31 Å². The van der Waals surface area contributed by atoms with Gasteiger partial charge in [0.05, 0.1) is 11.5 Å². The van der Waals surface area contributed by atoms with Crippen molar-refractivity contribution in [2.24, 2.45) is 5.92 Å². The van der Waals surface area contributed by atoms with Crippen LogP contribution >= 0.6 is 11.6 Å². The number of rotatable bonds is 11. The number of ether oxygens (including phenoxy) is 1. The molecule has 0 spiro atoms. The van der Waals surface area contributed by atoms with Gasteiger partial charge in [-0.25, -0.2) is 13.9 Å². The minimum absolute atomic E-state index is 0.00826. The van der Waals surface area contributed by atoms with Gasteiger partial charge in [-0.3, -0.25) is 10.0 Å². The maximum atomic E-state index is 13.5. The molecule has 0 saturated heterocycles. The van der Waals surface area contributed by atoms with Gasteiger partial charge in [-0.1, -0.05) is 43.7 Å². The van der Waals surface area contributed by atoms with Gasteiger partial charge < -0.3 is 4.74 Å². The van der Waals surface area contributed by atoms with E-state index in [4.69, 9.17) is 16.3 Å². The van der Waals surface area contributed by atoms with Crippen molar-refractivity contribution in [2.45, 2.75) is 37.8 Å². The van der Waals surface area contributed by atoms with Crippen molar-refractivity contribution in [3.8, 4) is 5.75 Å². The first kappa shape index (κ1) is 24.9. The molecule has 0 aliphatic rings. The molecule has 1 unspecified atom stereocenters. The summed E-state index contributed by atoms with van der Waals surface area (Å²) in [6.07, 6.45) is 2.40. The first-order valence-electron chi connectivity index (χ1n) is 9.74. The summed E-state index contributed by atoms with van der Waals surface area (Å²) in [6, 6.07) is 11.5. The van der Waals surface area contributed by atoms with E-state index in [1.807, 2.05) is 0 Å². The van der Waals surface area contributed by atoms with E-state index in [9.17, 15) is 18.4 Å². The van der Waals surface area contributed by atoms with Crippen LogP contribution in [-0.2, 0) is 21.4 Å². The van der Waals surface area contributed by atoms with Crippen molar-refractivity contribution in [1.29, 1.82) is 0 Å². The summed E-state index contributed by atoms with van der Waals surface area (Å²) in [5, 5.41) is 9.73. The van der Waals surface area contributed by atoms with Crippen LogP contribution < -0.4 is 10.2 Å². The number of hydrogen-bond donors (Lipinski definition) is 2. The van der Waals surface area contributed by atoms with Crippen molar-refractivity contribution in [1.82, 2.24) is 9.79 Å². The molecule has 1 amide bonds. The molecule has 168 valence electrons. The molecule has 9 heteroatoms. The van der Waals surface area contributed by atoms with Gasteiger partial charge in [0.15, 0.2) is 0 Å². The number of amides is 1. The van der Waals surface area contributed by atoms with Crippen LogP contribution in [0.5, 0.6) is 5.75 Å². The molecule has 31 heavy (non-hydrogen) atoms. The SMILES string of the molecule is C=CCCOc1ccc(S(=O)(=O)N(Cc2ccc(Cl)cc2)C(C(=O)NO)C(C)C)cc1. The normalized spacial score (nSPS) is 12.6. The Morgan fingerprint density at radius 2 is 1.81 bits per heavy atom. The van der Waals surface area contributed by atoms with E-state index in [1.54, 1.807) is 61.8 Å². The predicted molar refractivity (Wildman–Crippen MR) is 119 cm³/mol. The summed E-state index contributed by atoms with van der Waals surface area (Å²) in [5.41, 5.74) is 2.24. The van der Waals surface area contributed by atoms with E-state index >= 15 is 0 Å². The predicted octanol–water partition coefficient (Wildman–Crippen LogP) is 4.02. The standard InChI is InChI=1S/C22H27ClN2O5S/c1-4-5-14-30-19-10-12-20(13-11-19)31(28,29)25(21(16(2)3)22(26)24-27)15-17-6-8-18(23)9-7-17/h4,6-13,16,21,27H,1,5,14-15H2,2-3H3,(H,24,26). The molecule has 0 saturated carbocycles. The highest BCUT2D eigenvalue weighted by Crippen LogP contribution is 2.27. The van der Waals surface area contributed by atoms with Gasteiger partial charge in [-0.15, -0.1) is 6.58 Å². The van der Waals surface area contributed by atoms with Crippen LogP contribution in [0.2, 0.25) is 5.02 Å². The lowest BCUT2D eigenvalue weighted by molar-refractivity contribution is -0.134. The Morgan fingerprint density at radius 3 is 2.32 bits per heavy atom. The third-order valence-electron chi connectivity index (χ3n) is 4.59. The number of sulfonamides is 1. The number of hydrogen-bond acceptors (Lipinski definition) is 5. The molecule has 2 N–H and O–H groups in total. The van der Waals surface area contributed by atoms with Crippen LogP contribution in [0.15, 0.2) is 66.1 Å². The number of nitrogens with zero attached hydrogens (tertiary/aromatic N) is 1. The van der Waals surface area contributed by atoms with Crippen LogP contribution in [0.25, 0.3) is 0 Å². The topological polar surface area (TPSA) is 95.9 Å². The molecular weight excluding hydrogens is 440 g/mol. The largest absolute Gasteiger partial charge is 0.493 e. The highest BCUT2D eigenvalue weighted by molar-refractivity contribution is 7.89. The maximum Gasteiger partial charge on any atom is 0.262 e. The molecular formula is C22H27ClN2O5S. The third kappa shape index (κ3) is 6.54. The second kappa shape index (κ2) is 11.3. The Kier molecular flexibility index (Phi) is 9.06. The Hall–Kier alpha value is -2.39. The highest BCUT2D eigenvalue weighted by Gasteiger charge is 2.38. The first-order chi connectivity index (χ1) is 14.7. The summed E-state index contributed by atoms with van der Waals surface area (Å²) in [4.78, 5) is 12.4. The van der Waals surface area contributed by atoms with Crippen molar-refractivity contribution < 1.29 is 23.2 Å². The second-order valence-corrected chi connectivity index (χ2v) is 9.57. The minimum atomic E-state index is -4.09. The number of halogens is 1. The van der Waals surface area contributed by atoms with Crippen molar-refractivity contribution >= 4 is 27.5 Å². The second-order valence-electron chi connectivity index (χ2n) is 7.24. The number of carbonyl (C=O) groups is 1. The molecule has 0 aliphatic carbocycles. The third-order valence-corrected chi connectivity index (χ3v) is 6.69. The van der Waals surface area contributed by atoms with Crippen LogP contribution in [-0.4, -0.2) is 36.5 Å². The first-order valence-corrected chi connectivity index (χ1v) is 11.6. The summed E-state index contributed by atoms with van der Waals surface area (Å²) in [7, 11) is -4.09. The zero-order chi connectivity index (χ0) is 23.0. The lowest BCUT2D eigenvalue weighted by Crippen LogP contribution is -2.51. The lowest BCUT2D eigenvalue weighted by atomic mass is 10.0. The minimum Gasteiger partial charge on any atom is -0.493 e. The Labute approximate surface area is 188 Å². The average molecular weight is 467 g/mol. The highest BCUT2D eigenvalue weighted by atomic mass is 35.5. The van der Waals surface area contributed by atoms with E-state index in [-0.39, 0.29) is 11.4 Å². The number of hydroxylamine groups is 1. The number of nitrogens with one attached hydrogen (secondary N) is 1. The molecule has 0 aromatic heterocycles. The van der Waals surface area contributed by atoms with E-state index in [0.29, 0.717) is 29.4 Å². The van der Waals surface area contributed by atoms with Crippen LogP contribution in [0, 0.1) is 5.92 Å². The number of carbonyl (C=O) groups excluding carboxylic acids is 1. The van der Waals surface area contributed by atoms with Gasteiger partial charge in [0.25, 0.3) is 5.91 Å². The fraction of sp³-hybridized carbons (Fsp3) is 0.318. The van der Waals surface area contributed by atoms with Gasteiger partial charge in [0.2, 0.25) is 10.0 Å². The summed E-state index contributed by atoms with van der Waals surface area (Å²) >= 11 is 5.93.